The van der Waals surface area contributed by atoms with Gasteiger partial charge in [-0.25, -0.2) is 10.2 Å². The van der Waals surface area contributed by atoms with Crippen molar-refractivity contribution in [3.05, 3.63) is 86.6 Å². The van der Waals surface area contributed by atoms with E-state index in [4.69, 9.17) is 4.74 Å². The number of ether oxygens (including phenoxy) is 1. The molecule has 2 aromatic heterocycles. The van der Waals surface area contributed by atoms with Crippen molar-refractivity contribution in [1.29, 1.82) is 0 Å². The SMILES string of the molecule is Cc1ccccc1OCC(O)Cn1c(N/N=C\c2ccccc2)nc2c1c(=O)n(C)c(=O)n2C. The molecule has 10 heteroatoms. The van der Waals surface area contributed by atoms with Crippen LogP contribution in [0.25, 0.3) is 11.2 Å². The lowest BCUT2D eigenvalue weighted by molar-refractivity contribution is 0.0935. The number of hydrogen-bond acceptors (Lipinski definition) is 7. The second-order valence-corrected chi connectivity index (χ2v) is 7.94. The Balaban J connectivity index is 1.67. The summed E-state index contributed by atoms with van der Waals surface area (Å²) < 4.78 is 9.58. The minimum absolute atomic E-state index is 0.000977. The summed E-state index contributed by atoms with van der Waals surface area (Å²) >= 11 is 0. The standard InChI is InChI=1S/C24H26N6O4/c1-16-9-7-8-12-19(16)34-15-18(31)14-30-20-21(28(2)24(33)29(3)22(20)32)26-23(30)27-25-13-17-10-5-4-6-11-17/h4-13,18,31H,14-15H2,1-3H3,(H,26,27)/b25-13-. The lowest BCUT2D eigenvalue weighted by Gasteiger charge is -2.16. The van der Waals surface area contributed by atoms with Crippen LogP contribution < -0.4 is 21.4 Å². The van der Waals surface area contributed by atoms with Crippen molar-refractivity contribution in [3.63, 3.8) is 0 Å². The van der Waals surface area contributed by atoms with Crippen LogP contribution in [0.5, 0.6) is 5.75 Å². The van der Waals surface area contributed by atoms with E-state index in [0.29, 0.717) is 5.75 Å². The molecule has 176 valence electrons. The summed E-state index contributed by atoms with van der Waals surface area (Å²) in [5, 5.41) is 14.9. The number of aliphatic hydroxyl groups excluding tert-OH is 1. The van der Waals surface area contributed by atoms with E-state index in [1.807, 2.05) is 61.5 Å². The van der Waals surface area contributed by atoms with Crippen LogP contribution in [0.4, 0.5) is 5.95 Å². The molecule has 2 N–H and O–H groups in total. The first-order valence-electron chi connectivity index (χ1n) is 10.7. The van der Waals surface area contributed by atoms with Crippen LogP contribution in [0, 0.1) is 6.92 Å². The monoisotopic (exact) mass is 462 g/mol. The number of imidazole rings is 1. The first-order chi connectivity index (χ1) is 16.4. The number of aromatic nitrogens is 4. The fraction of sp³-hybridized carbons (Fsp3) is 0.250. The number of hydrogen-bond donors (Lipinski definition) is 2. The molecule has 0 aliphatic heterocycles. The molecule has 0 aliphatic carbocycles. The molecule has 34 heavy (non-hydrogen) atoms. The number of aliphatic hydroxyl groups is 1. The number of nitrogens with zero attached hydrogens (tertiary/aromatic N) is 5. The third-order valence-electron chi connectivity index (χ3n) is 5.44. The van der Waals surface area contributed by atoms with Crippen LogP contribution in [0.15, 0.2) is 69.3 Å². The van der Waals surface area contributed by atoms with Gasteiger partial charge in [-0.1, -0.05) is 48.5 Å². The van der Waals surface area contributed by atoms with Gasteiger partial charge in [0.25, 0.3) is 5.56 Å². The maximum Gasteiger partial charge on any atom is 0.332 e. The van der Waals surface area contributed by atoms with Crippen molar-refractivity contribution in [2.24, 2.45) is 19.2 Å². The van der Waals surface area contributed by atoms with Gasteiger partial charge in [0.2, 0.25) is 5.95 Å². The molecule has 0 saturated heterocycles. The summed E-state index contributed by atoms with van der Waals surface area (Å²) in [6.07, 6.45) is 0.649. The summed E-state index contributed by atoms with van der Waals surface area (Å²) in [4.78, 5) is 29.8. The molecular weight excluding hydrogens is 436 g/mol. The van der Waals surface area contributed by atoms with E-state index in [-0.39, 0.29) is 30.3 Å². The van der Waals surface area contributed by atoms with Gasteiger partial charge in [-0.2, -0.15) is 10.1 Å². The largest absolute Gasteiger partial charge is 0.491 e. The highest BCUT2D eigenvalue weighted by atomic mass is 16.5. The van der Waals surface area contributed by atoms with Gasteiger partial charge in [0.15, 0.2) is 11.2 Å². The fourth-order valence-electron chi connectivity index (χ4n) is 3.58. The predicted octanol–water partition coefficient (Wildman–Crippen LogP) is 1.63. The molecule has 0 amide bonds. The van der Waals surface area contributed by atoms with Gasteiger partial charge in [-0.3, -0.25) is 13.9 Å². The van der Waals surface area contributed by atoms with Crippen LogP contribution in [-0.2, 0) is 20.6 Å². The van der Waals surface area contributed by atoms with Crippen molar-refractivity contribution in [1.82, 2.24) is 18.7 Å². The number of anilines is 1. The molecule has 1 atom stereocenters. The van der Waals surface area contributed by atoms with Crippen molar-refractivity contribution in [2.45, 2.75) is 19.6 Å². The molecule has 0 aliphatic rings. The van der Waals surface area contributed by atoms with E-state index in [1.165, 1.54) is 23.2 Å². The fourth-order valence-corrected chi connectivity index (χ4v) is 3.58. The Kier molecular flexibility index (Phi) is 6.60. The highest BCUT2D eigenvalue weighted by molar-refractivity contribution is 5.80. The van der Waals surface area contributed by atoms with Crippen molar-refractivity contribution < 1.29 is 9.84 Å². The first kappa shape index (κ1) is 23.0. The molecule has 0 spiro atoms. The Hall–Kier alpha value is -4.18. The minimum Gasteiger partial charge on any atom is -0.491 e. The van der Waals surface area contributed by atoms with Crippen LogP contribution in [0.1, 0.15) is 11.1 Å². The summed E-state index contributed by atoms with van der Waals surface area (Å²) in [5.41, 5.74) is 4.01. The summed E-state index contributed by atoms with van der Waals surface area (Å²) in [7, 11) is 2.94. The Labute approximate surface area is 195 Å². The van der Waals surface area contributed by atoms with Gasteiger partial charge in [-0.15, -0.1) is 0 Å². The Morgan fingerprint density at radius 2 is 1.79 bits per heavy atom. The molecule has 0 fully saturated rings. The number of fused-ring (bicyclic) bond motifs is 1. The van der Waals surface area contributed by atoms with E-state index in [1.54, 1.807) is 6.21 Å². The Morgan fingerprint density at radius 1 is 1.09 bits per heavy atom. The number of rotatable bonds is 8. The molecule has 2 aromatic carbocycles. The molecule has 4 rings (SSSR count). The number of para-hydroxylation sites is 1. The van der Waals surface area contributed by atoms with Gasteiger partial charge in [0, 0.05) is 14.1 Å². The molecule has 10 nitrogen and oxygen atoms in total. The summed E-state index contributed by atoms with van der Waals surface area (Å²) in [6.45, 7) is 1.92. The third kappa shape index (κ3) is 4.62. The van der Waals surface area contributed by atoms with Gasteiger partial charge in [0.05, 0.1) is 12.8 Å². The van der Waals surface area contributed by atoms with E-state index in [0.717, 1.165) is 15.7 Å². The first-order valence-corrected chi connectivity index (χ1v) is 10.7. The van der Waals surface area contributed by atoms with Crippen molar-refractivity contribution in [2.75, 3.05) is 12.0 Å². The lowest BCUT2D eigenvalue weighted by atomic mass is 10.2. The van der Waals surface area contributed by atoms with E-state index >= 15 is 0 Å². The molecule has 0 bridgehead atoms. The van der Waals surface area contributed by atoms with Gasteiger partial charge in [0.1, 0.15) is 18.5 Å². The molecule has 1 unspecified atom stereocenters. The quantitative estimate of drug-likeness (QED) is 0.304. The summed E-state index contributed by atoms with van der Waals surface area (Å²) in [5.74, 6) is 0.886. The highest BCUT2D eigenvalue weighted by Gasteiger charge is 2.21. The van der Waals surface area contributed by atoms with Crippen LogP contribution in [0.3, 0.4) is 0 Å². The Bertz CT molecular complexity index is 1450. The zero-order valence-electron chi connectivity index (χ0n) is 19.2. The van der Waals surface area contributed by atoms with Gasteiger partial charge >= 0.3 is 5.69 Å². The van der Waals surface area contributed by atoms with E-state index in [9.17, 15) is 14.7 Å². The summed E-state index contributed by atoms with van der Waals surface area (Å²) in [6, 6.07) is 17.0. The van der Waals surface area contributed by atoms with E-state index < -0.39 is 17.4 Å². The molecule has 2 heterocycles. The lowest BCUT2D eigenvalue weighted by Crippen LogP contribution is -2.38. The zero-order chi connectivity index (χ0) is 24.2. The highest BCUT2D eigenvalue weighted by Crippen LogP contribution is 2.19. The molecule has 0 radical (unpaired) electrons. The smallest absolute Gasteiger partial charge is 0.332 e. The van der Waals surface area contributed by atoms with E-state index in [2.05, 4.69) is 15.5 Å². The number of hydrazone groups is 1. The second kappa shape index (κ2) is 9.75. The van der Waals surface area contributed by atoms with Gasteiger partial charge in [-0.05, 0) is 24.1 Å². The van der Waals surface area contributed by atoms with Crippen molar-refractivity contribution >= 4 is 23.3 Å². The average molecular weight is 463 g/mol. The topological polar surface area (TPSA) is 116 Å². The Morgan fingerprint density at radius 3 is 2.53 bits per heavy atom. The average Bonchev–Trinajstić information content (AvgIpc) is 3.19. The second-order valence-electron chi connectivity index (χ2n) is 7.94. The predicted molar refractivity (Wildman–Crippen MR) is 131 cm³/mol. The normalized spacial score (nSPS) is 12.4. The number of benzene rings is 2. The zero-order valence-corrected chi connectivity index (χ0v) is 19.2. The van der Waals surface area contributed by atoms with Crippen LogP contribution in [0.2, 0.25) is 0 Å². The molecular formula is C24H26N6O4. The molecule has 4 aromatic rings. The minimum atomic E-state index is -0.961. The van der Waals surface area contributed by atoms with Crippen molar-refractivity contribution in [3.8, 4) is 5.75 Å². The maximum atomic E-state index is 12.9. The van der Waals surface area contributed by atoms with Gasteiger partial charge < -0.3 is 14.4 Å². The number of nitrogens with one attached hydrogen (secondary N) is 1. The maximum absolute atomic E-state index is 12.9. The molecule has 0 saturated carbocycles. The van der Waals surface area contributed by atoms with Crippen LogP contribution >= 0.6 is 0 Å². The third-order valence-corrected chi connectivity index (χ3v) is 5.44. The number of aryl methyl sites for hydroxylation is 2. The van der Waals surface area contributed by atoms with Crippen LogP contribution in [-0.4, -0.2) is 42.7 Å².